The fourth-order valence-corrected chi connectivity index (χ4v) is 1.65. The Morgan fingerprint density at radius 3 is 2.53 bits per heavy atom. The molecule has 0 aliphatic carbocycles. The van der Waals surface area contributed by atoms with Crippen LogP contribution in [0.2, 0.25) is 0 Å². The zero-order valence-electron chi connectivity index (χ0n) is 20.4. The maximum absolute atomic E-state index is 8.23. The Bertz CT molecular complexity index is 719. The van der Waals surface area contributed by atoms with Gasteiger partial charge in [0.2, 0.25) is 0 Å². The highest BCUT2D eigenvalue weighted by Gasteiger charge is 2.52. The van der Waals surface area contributed by atoms with Crippen LogP contribution in [0.15, 0.2) is 12.4 Å². The zero-order valence-corrected chi connectivity index (χ0v) is 11.4. The first-order valence-corrected chi connectivity index (χ1v) is 5.96. The van der Waals surface area contributed by atoms with Crippen LogP contribution in [0.3, 0.4) is 0 Å². The highest BCUT2D eigenvalue weighted by Crippen LogP contribution is 2.36. The first-order chi connectivity index (χ1) is 12.3. The van der Waals surface area contributed by atoms with Crippen molar-refractivity contribution in [3.63, 3.8) is 0 Å². The van der Waals surface area contributed by atoms with E-state index in [0.29, 0.717) is 0 Å². The predicted octanol–water partition coefficient (Wildman–Crippen LogP) is 1.97. The molecule has 1 aromatic rings. The maximum atomic E-state index is 8.23. The van der Waals surface area contributed by atoms with E-state index >= 15 is 0 Å². The number of aromatic nitrogens is 2. The average Bonchev–Trinajstić information content (AvgIpc) is 2.72. The summed E-state index contributed by atoms with van der Waals surface area (Å²) in [6.07, 6.45) is -0.996. The number of hydrogen-bond donors (Lipinski definition) is 0. The number of hydrogen-bond acceptors (Lipinski definition) is 4. The Labute approximate surface area is 128 Å². The minimum absolute atomic E-state index is 0.0541. The van der Waals surface area contributed by atoms with Gasteiger partial charge in [-0.3, -0.25) is 9.97 Å². The normalized spacial score (nSPS) is 30.7. The SMILES string of the molecule is [2H]C([2H])([2H])C([2H])(C([2H])([2H])[2H])C([2H])([2H])c1cncc(B2OC(C)(C)C(C)(C)O2)n1. The van der Waals surface area contributed by atoms with Crippen molar-refractivity contribution in [1.29, 1.82) is 0 Å². The molecule has 5 heteroatoms. The monoisotopic (exact) mass is 271 g/mol. The summed E-state index contributed by atoms with van der Waals surface area (Å²) < 4.78 is 81.4. The maximum Gasteiger partial charge on any atom is 0.516 e. The lowest BCUT2D eigenvalue weighted by Crippen LogP contribution is -2.41. The molecular weight excluding hydrogens is 239 g/mol. The van der Waals surface area contributed by atoms with E-state index in [4.69, 9.17) is 21.6 Å². The van der Waals surface area contributed by atoms with Gasteiger partial charge in [0.15, 0.2) is 0 Å². The van der Waals surface area contributed by atoms with Gasteiger partial charge in [0.25, 0.3) is 0 Å². The van der Waals surface area contributed by atoms with Gasteiger partial charge in [-0.05, 0) is 40.0 Å². The van der Waals surface area contributed by atoms with E-state index in [9.17, 15) is 0 Å². The van der Waals surface area contributed by atoms with Crippen molar-refractivity contribution in [2.45, 2.75) is 59.0 Å². The molecule has 1 fully saturated rings. The van der Waals surface area contributed by atoms with E-state index in [2.05, 4.69) is 9.97 Å². The van der Waals surface area contributed by atoms with Gasteiger partial charge in [0.05, 0.1) is 22.5 Å². The van der Waals surface area contributed by atoms with Crippen molar-refractivity contribution < 1.29 is 21.6 Å². The third kappa shape index (κ3) is 2.98. The lowest BCUT2D eigenvalue weighted by atomic mass is 9.85. The van der Waals surface area contributed by atoms with Crippen LogP contribution in [-0.4, -0.2) is 28.3 Å². The first-order valence-electron chi connectivity index (χ1n) is 10.5. The van der Waals surface area contributed by atoms with E-state index < -0.39 is 50.0 Å². The second-order valence-corrected chi connectivity index (χ2v) is 5.42. The minimum atomic E-state index is -3.46. The molecule has 0 spiro atoms. The van der Waals surface area contributed by atoms with Gasteiger partial charge in [-0.1, -0.05) is 13.7 Å². The average molecular weight is 271 g/mol. The van der Waals surface area contributed by atoms with E-state index in [1.165, 1.54) is 6.20 Å². The Hall–Kier alpha value is -0.935. The lowest BCUT2D eigenvalue weighted by Gasteiger charge is -2.32. The summed E-state index contributed by atoms with van der Waals surface area (Å²) >= 11 is 0. The molecular formula is C14H23BN2O2. The molecule has 0 bridgehead atoms. The Morgan fingerprint density at radius 1 is 1.32 bits per heavy atom. The van der Waals surface area contributed by atoms with E-state index in [1.54, 1.807) is 0 Å². The van der Waals surface area contributed by atoms with E-state index in [0.717, 1.165) is 6.20 Å². The predicted molar refractivity (Wildman–Crippen MR) is 76.3 cm³/mol. The molecule has 0 amide bonds. The molecule has 19 heavy (non-hydrogen) atoms. The van der Waals surface area contributed by atoms with Gasteiger partial charge in [0.1, 0.15) is 0 Å². The molecule has 1 saturated heterocycles. The van der Waals surface area contributed by atoms with Crippen LogP contribution in [-0.2, 0) is 15.7 Å². The third-order valence-corrected chi connectivity index (χ3v) is 3.40. The molecule has 4 nitrogen and oxygen atoms in total. The summed E-state index contributed by atoms with van der Waals surface area (Å²) in [5, 5.41) is 0. The second kappa shape index (κ2) is 4.87. The van der Waals surface area contributed by atoms with Gasteiger partial charge in [-0.25, -0.2) is 0 Å². The van der Waals surface area contributed by atoms with Crippen molar-refractivity contribution in [1.82, 2.24) is 9.97 Å². The summed E-state index contributed by atoms with van der Waals surface area (Å²) in [4.78, 5) is 7.90. The van der Waals surface area contributed by atoms with Crippen LogP contribution in [0, 0.1) is 5.89 Å². The van der Waals surface area contributed by atoms with Crippen LogP contribution in [0.5, 0.6) is 0 Å². The molecule has 2 rings (SSSR count). The van der Waals surface area contributed by atoms with Gasteiger partial charge < -0.3 is 9.31 Å². The first kappa shape index (κ1) is 6.68. The molecule has 1 aliphatic rings. The molecule has 2 heterocycles. The van der Waals surface area contributed by atoms with Gasteiger partial charge in [-0.2, -0.15) is 0 Å². The zero-order chi connectivity index (χ0) is 22.0. The van der Waals surface area contributed by atoms with Crippen molar-refractivity contribution >= 4 is 12.7 Å². The standard InChI is InChI=1S/C14H23BN2O2/c1-10(2)7-11-8-16-9-12(17-11)15-18-13(3,4)14(5,6)19-15/h8-10H,7H2,1-6H3/i1D3,2D3,7D2,10D. The quantitative estimate of drug-likeness (QED) is 0.788. The molecule has 0 atom stereocenters. The Kier molecular flexibility index (Phi) is 1.71. The summed E-state index contributed by atoms with van der Waals surface area (Å²) in [6, 6.07) is 0. The fraction of sp³-hybridized carbons (Fsp3) is 0.714. The molecule has 104 valence electrons. The minimum Gasteiger partial charge on any atom is -0.398 e. The van der Waals surface area contributed by atoms with Gasteiger partial charge in [-0.15, -0.1) is 0 Å². The van der Waals surface area contributed by atoms with Crippen LogP contribution >= 0.6 is 0 Å². The molecule has 0 unspecified atom stereocenters. The van der Waals surface area contributed by atoms with Crippen LogP contribution in [0.1, 0.15) is 59.4 Å². The van der Waals surface area contributed by atoms with Gasteiger partial charge >= 0.3 is 7.12 Å². The van der Waals surface area contributed by atoms with Crippen molar-refractivity contribution in [2.24, 2.45) is 5.89 Å². The lowest BCUT2D eigenvalue weighted by molar-refractivity contribution is 0.00578. The Balaban J connectivity index is 2.53. The summed E-state index contributed by atoms with van der Waals surface area (Å²) in [5.74, 6) is -3.46. The summed E-state index contributed by atoms with van der Waals surface area (Å²) in [7, 11) is -1.01. The van der Waals surface area contributed by atoms with Crippen molar-refractivity contribution in [3.8, 4) is 0 Å². The molecule has 1 aliphatic heterocycles. The molecule has 0 saturated carbocycles. The highest BCUT2D eigenvalue weighted by atomic mass is 16.7. The van der Waals surface area contributed by atoms with Crippen LogP contribution in [0.4, 0.5) is 0 Å². The second-order valence-electron chi connectivity index (χ2n) is 5.42. The highest BCUT2D eigenvalue weighted by molar-refractivity contribution is 6.61. The Morgan fingerprint density at radius 2 is 1.95 bits per heavy atom. The number of rotatable bonds is 3. The topological polar surface area (TPSA) is 44.2 Å². The number of nitrogens with zero attached hydrogens (tertiary/aromatic N) is 2. The molecule has 0 radical (unpaired) electrons. The van der Waals surface area contributed by atoms with Gasteiger partial charge in [0, 0.05) is 24.7 Å². The van der Waals surface area contributed by atoms with Crippen LogP contribution < -0.4 is 5.59 Å². The molecule has 0 aromatic carbocycles. The summed E-state index contributed by atoms with van der Waals surface area (Å²) in [5.41, 5.74) is -1.95. The van der Waals surface area contributed by atoms with Crippen molar-refractivity contribution in [2.75, 3.05) is 0 Å². The fourth-order valence-electron chi connectivity index (χ4n) is 1.65. The van der Waals surface area contributed by atoms with Crippen molar-refractivity contribution in [3.05, 3.63) is 18.1 Å². The van der Waals surface area contributed by atoms with E-state index in [-0.39, 0.29) is 5.59 Å². The third-order valence-electron chi connectivity index (χ3n) is 3.40. The van der Waals surface area contributed by atoms with E-state index in [1.807, 2.05) is 27.7 Å². The summed E-state index contributed by atoms with van der Waals surface area (Å²) in [6.45, 7) is 0.320. The molecule has 1 aromatic heterocycles. The molecule has 0 N–H and O–H groups in total. The smallest absolute Gasteiger partial charge is 0.398 e. The largest absolute Gasteiger partial charge is 0.516 e. The van der Waals surface area contributed by atoms with Crippen LogP contribution in [0.25, 0.3) is 0 Å².